The standard InChI is InChI=1S/C9H19NO3/c11-6-9(12)5-10-3-4-13-7-8-1-2-8/h8-12H,1-7H2/t9-/m0/s1. The topological polar surface area (TPSA) is 61.7 Å². The van der Waals surface area contributed by atoms with Crippen LogP contribution in [0.2, 0.25) is 0 Å². The quantitative estimate of drug-likeness (QED) is 0.444. The van der Waals surface area contributed by atoms with Crippen molar-refractivity contribution >= 4 is 0 Å². The van der Waals surface area contributed by atoms with Crippen molar-refractivity contribution in [3.8, 4) is 0 Å². The van der Waals surface area contributed by atoms with E-state index in [1.165, 1.54) is 12.8 Å². The lowest BCUT2D eigenvalue weighted by Gasteiger charge is -2.08. The number of hydrogen-bond donors (Lipinski definition) is 3. The Morgan fingerprint density at radius 1 is 1.46 bits per heavy atom. The van der Waals surface area contributed by atoms with Crippen molar-refractivity contribution in [2.75, 3.05) is 32.9 Å². The second kappa shape index (κ2) is 6.32. The molecule has 0 aromatic heterocycles. The monoisotopic (exact) mass is 189 g/mol. The van der Waals surface area contributed by atoms with Gasteiger partial charge in [-0.15, -0.1) is 0 Å². The van der Waals surface area contributed by atoms with E-state index in [9.17, 15) is 0 Å². The summed E-state index contributed by atoms with van der Waals surface area (Å²) < 4.78 is 5.37. The van der Waals surface area contributed by atoms with Gasteiger partial charge in [0.05, 0.1) is 19.3 Å². The summed E-state index contributed by atoms with van der Waals surface area (Å²) in [4.78, 5) is 0. The van der Waals surface area contributed by atoms with Crippen molar-refractivity contribution in [2.45, 2.75) is 18.9 Å². The average molecular weight is 189 g/mol. The Bertz CT molecular complexity index is 128. The van der Waals surface area contributed by atoms with Crippen LogP contribution in [0.3, 0.4) is 0 Å². The Kier molecular flexibility index (Phi) is 5.31. The molecular weight excluding hydrogens is 170 g/mol. The number of hydrogen-bond acceptors (Lipinski definition) is 4. The van der Waals surface area contributed by atoms with Gasteiger partial charge in [0.15, 0.2) is 0 Å². The molecule has 0 aromatic carbocycles. The minimum Gasteiger partial charge on any atom is -0.394 e. The minimum atomic E-state index is -0.650. The SMILES string of the molecule is OC[C@@H](O)CNCCOCC1CC1. The van der Waals surface area contributed by atoms with E-state index in [1.54, 1.807) is 0 Å². The largest absolute Gasteiger partial charge is 0.394 e. The highest BCUT2D eigenvalue weighted by molar-refractivity contribution is 4.71. The van der Waals surface area contributed by atoms with E-state index in [1.807, 2.05) is 0 Å². The number of nitrogens with one attached hydrogen (secondary N) is 1. The van der Waals surface area contributed by atoms with Crippen molar-refractivity contribution in [3.05, 3.63) is 0 Å². The average Bonchev–Trinajstić information content (AvgIpc) is 2.94. The molecule has 1 aliphatic carbocycles. The summed E-state index contributed by atoms with van der Waals surface area (Å²) in [6, 6.07) is 0. The Labute approximate surface area is 78.9 Å². The van der Waals surface area contributed by atoms with E-state index in [4.69, 9.17) is 14.9 Å². The predicted molar refractivity (Wildman–Crippen MR) is 49.5 cm³/mol. The van der Waals surface area contributed by atoms with Crippen LogP contribution < -0.4 is 5.32 Å². The second-order valence-corrected chi connectivity index (χ2v) is 3.56. The van der Waals surface area contributed by atoms with E-state index >= 15 is 0 Å². The second-order valence-electron chi connectivity index (χ2n) is 3.56. The summed E-state index contributed by atoms with van der Waals surface area (Å²) >= 11 is 0. The van der Waals surface area contributed by atoms with Crippen molar-refractivity contribution in [2.24, 2.45) is 5.92 Å². The fourth-order valence-electron chi connectivity index (χ4n) is 1.01. The van der Waals surface area contributed by atoms with Gasteiger partial charge in [0.25, 0.3) is 0 Å². The third-order valence-corrected chi connectivity index (χ3v) is 2.06. The molecule has 78 valence electrons. The first-order valence-corrected chi connectivity index (χ1v) is 4.90. The molecule has 0 aliphatic heterocycles. The summed E-state index contributed by atoms with van der Waals surface area (Å²) in [5.74, 6) is 0.808. The molecule has 0 bridgehead atoms. The fourth-order valence-corrected chi connectivity index (χ4v) is 1.01. The van der Waals surface area contributed by atoms with Crippen LogP contribution in [0.1, 0.15) is 12.8 Å². The Balaban J connectivity index is 1.72. The summed E-state index contributed by atoms with van der Waals surface area (Å²) in [5, 5.41) is 20.5. The normalized spacial score (nSPS) is 18.9. The molecule has 0 heterocycles. The zero-order valence-corrected chi connectivity index (χ0v) is 7.91. The van der Waals surface area contributed by atoms with Gasteiger partial charge in [-0.1, -0.05) is 0 Å². The number of ether oxygens (including phenoxy) is 1. The molecule has 4 nitrogen and oxygen atoms in total. The predicted octanol–water partition coefficient (Wildman–Crippen LogP) is -0.644. The molecule has 1 rings (SSSR count). The lowest BCUT2D eigenvalue weighted by molar-refractivity contribution is 0.0877. The van der Waals surface area contributed by atoms with E-state index in [0.29, 0.717) is 13.2 Å². The Morgan fingerprint density at radius 3 is 2.85 bits per heavy atom. The van der Waals surface area contributed by atoms with Gasteiger partial charge in [0.2, 0.25) is 0 Å². The molecule has 1 fully saturated rings. The van der Waals surface area contributed by atoms with E-state index in [0.717, 1.165) is 19.1 Å². The van der Waals surface area contributed by atoms with Crippen molar-refractivity contribution in [1.82, 2.24) is 5.32 Å². The van der Waals surface area contributed by atoms with Gasteiger partial charge in [-0.2, -0.15) is 0 Å². The number of aliphatic hydroxyl groups is 2. The van der Waals surface area contributed by atoms with Gasteiger partial charge >= 0.3 is 0 Å². The summed E-state index contributed by atoms with van der Waals surface area (Å²) in [7, 11) is 0. The number of rotatable bonds is 8. The summed E-state index contributed by atoms with van der Waals surface area (Å²) in [5.41, 5.74) is 0. The molecular formula is C9H19NO3. The molecule has 13 heavy (non-hydrogen) atoms. The molecule has 3 N–H and O–H groups in total. The van der Waals surface area contributed by atoms with Crippen molar-refractivity contribution < 1.29 is 14.9 Å². The third kappa shape index (κ3) is 5.99. The van der Waals surface area contributed by atoms with Crippen molar-refractivity contribution in [3.63, 3.8) is 0 Å². The lowest BCUT2D eigenvalue weighted by atomic mass is 10.4. The maximum atomic E-state index is 8.96. The number of aliphatic hydroxyl groups excluding tert-OH is 2. The summed E-state index contributed by atoms with van der Waals surface area (Å²) in [6.45, 7) is 2.56. The first kappa shape index (κ1) is 10.9. The zero-order chi connectivity index (χ0) is 9.52. The lowest BCUT2D eigenvalue weighted by Crippen LogP contribution is -2.31. The van der Waals surface area contributed by atoms with Gasteiger partial charge in [0.1, 0.15) is 0 Å². The van der Waals surface area contributed by atoms with Crippen LogP contribution in [0.5, 0.6) is 0 Å². The van der Waals surface area contributed by atoms with Gasteiger partial charge < -0.3 is 20.3 Å². The zero-order valence-electron chi connectivity index (χ0n) is 7.91. The van der Waals surface area contributed by atoms with Crippen LogP contribution in [0, 0.1) is 5.92 Å². The maximum absolute atomic E-state index is 8.96. The van der Waals surface area contributed by atoms with E-state index < -0.39 is 6.10 Å². The fraction of sp³-hybridized carbons (Fsp3) is 1.00. The minimum absolute atomic E-state index is 0.185. The highest BCUT2D eigenvalue weighted by Gasteiger charge is 2.20. The Morgan fingerprint density at radius 2 is 2.23 bits per heavy atom. The molecule has 0 saturated heterocycles. The summed E-state index contributed by atoms with van der Waals surface area (Å²) in [6.07, 6.45) is 1.98. The molecule has 0 spiro atoms. The molecule has 1 aliphatic rings. The molecule has 0 radical (unpaired) electrons. The third-order valence-electron chi connectivity index (χ3n) is 2.06. The van der Waals surface area contributed by atoms with Crippen LogP contribution in [0.25, 0.3) is 0 Å². The van der Waals surface area contributed by atoms with Crippen LogP contribution >= 0.6 is 0 Å². The molecule has 0 aromatic rings. The van der Waals surface area contributed by atoms with Gasteiger partial charge in [-0.25, -0.2) is 0 Å². The van der Waals surface area contributed by atoms with E-state index in [2.05, 4.69) is 5.32 Å². The van der Waals surface area contributed by atoms with Crippen LogP contribution in [0.4, 0.5) is 0 Å². The first-order chi connectivity index (χ1) is 6.33. The first-order valence-electron chi connectivity index (χ1n) is 4.90. The van der Waals surface area contributed by atoms with Crippen LogP contribution in [-0.4, -0.2) is 49.2 Å². The molecule has 1 atom stereocenters. The molecule has 4 heteroatoms. The highest BCUT2D eigenvalue weighted by atomic mass is 16.5. The molecule has 1 saturated carbocycles. The smallest absolute Gasteiger partial charge is 0.0894 e. The van der Waals surface area contributed by atoms with Crippen LogP contribution in [-0.2, 0) is 4.74 Å². The van der Waals surface area contributed by atoms with Gasteiger partial charge in [-0.3, -0.25) is 0 Å². The molecule has 0 amide bonds. The van der Waals surface area contributed by atoms with Gasteiger partial charge in [-0.05, 0) is 18.8 Å². The van der Waals surface area contributed by atoms with E-state index in [-0.39, 0.29) is 6.61 Å². The molecule has 0 unspecified atom stereocenters. The van der Waals surface area contributed by atoms with Crippen LogP contribution in [0.15, 0.2) is 0 Å². The Hall–Kier alpha value is -0.160. The van der Waals surface area contributed by atoms with Gasteiger partial charge in [0, 0.05) is 19.7 Å². The van der Waals surface area contributed by atoms with Crippen molar-refractivity contribution in [1.29, 1.82) is 0 Å². The maximum Gasteiger partial charge on any atom is 0.0894 e. The highest BCUT2D eigenvalue weighted by Crippen LogP contribution is 2.28.